The highest BCUT2D eigenvalue weighted by atomic mass is 32.1. The van der Waals surface area contributed by atoms with E-state index in [9.17, 15) is 29.8 Å². The standard InChI is InChI=1S/C31H25N5O7S/c1-17-5-6-18(2)26(13-17)34-30(38)25(29(37)32-31(34)44)15-21-14-19(3)33(20(21)4)22-7-10-24(11-8-22)43-28-12-9-23(35(39)40)16-27(28)36(41)42/h5-16H,1-4H3,(H,32,37,44)/b25-15+. The van der Waals surface area contributed by atoms with Gasteiger partial charge in [0.05, 0.1) is 21.6 Å². The number of nitrogens with one attached hydrogen (secondary N) is 1. The number of hydrogen-bond donors (Lipinski definition) is 1. The van der Waals surface area contributed by atoms with E-state index >= 15 is 0 Å². The van der Waals surface area contributed by atoms with Crippen molar-refractivity contribution in [1.29, 1.82) is 0 Å². The van der Waals surface area contributed by atoms with E-state index in [1.165, 1.54) is 11.0 Å². The van der Waals surface area contributed by atoms with Crippen molar-refractivity contribution in [2.45, 2.75) is 27.7 Å². The molecule has 1 aromatic heterocycles. The Bertz CT molecular complexity index is 1930. The van der Waals surface area contributed by atoms with Crippen molar-refractivity contribution in [2.24, 2.45) is 0 Å². The van der Waals surface area contributed by atoms with Gasteiger partial charge in [0.15, 0.2) is 5.11 Å². The first-order valence-corrected chi connectivity index (χ1v) is 13.7. The maximum absolute atomic E-state index is 13.6. The Balaban J connectivity index is 1.44. The number of nitrogens with zero attached hydrogens (tertiary/aromatic N) is 4. The zero-order chi connectivity index (χ0) is 31.9. The normalized spacial score (nSPS) is 14.1. The van der Waals surface area contributed by atoms with E-state index in [2.05, 4.69) is 5.32 Å². The maximum atomic E-state index is 13.6. The summed E-state index contributed by atoms with van der Waals surface area (Å²) in [6, 6.07) is 17.4. The molecule has 0 unspecified atom stereocenters. The fourth-order valence-corrected chi connectivity index (χ4v) is 5.24. The Morgan fingerprint density at radius 1 is 0.886 bits per heavy atom. The highest BCUT2D eigenvalue weighted by molar-refractivity contribution is 7.80. The van der Waals surface area contributed by atoms with Crippen LogP contribution < -0.4 is 15.0 Å². The highest BCUT2D eigenvalue weighted by Crippen LogP contribution is 2.35. The number of nitro benzene ring substituents is 2. The number of aromatic nitrogens is 1. The molecular formula is C31H25N5O7S. The van der Waals surface area contributed by atoms with Crippen LogP contribution in [0.2, 0.25) is 0 Å². The number of amides is 2. The van der Waals surface area contributed by atoms with Crippen molar-refractivity contribution in [1.82, 2.24) is 9.88 Å². The number of nitro groups is 2. The molecule has 12 nitrogen and oxygen atoms in total. The summed E-state index contributed by atoms with van der Waals surface area (Å²) in [5.41, 5.74) is 4.30. The lowest BCUT2D eigenvalue weighted by molar-refractivity contribution is -0.394. The molecule has 222 valence electrons. The van der Waals surface area contributed by atoms with Crippen LogP contribution in [0.25, 0.3) is 11.8 Å². The second kappa shape index (κ2) is 11.5. The number of non-ortho nitro benzene ring substituents is 1. The molecule has 0 spiro atoms. The largest absolute Gasteiger partial charge is 0.450 e. The van der Waals surface area contributed by atoms with Crippen molar-refractivity contribution < 1.29 is 24.2 Å². The molecule has 13 heteroatoms. The molecule has 5 rings (SSSR count). The van der Waals surface area contributed by atoms with Crippen LogP contribution in [0.1, 0.15) is 28.1 Å². The quantitative estimate of drug-likeness (QED) is 0.0859. The summed E-state index contributed by atoms with van der Waals surface area (Å²) in [5, 5.41) is 25.1. The molecule has 1 aliphatic rings. The van der Waals surface area contributed by atoms with Crippen LogP contribution in [0.4, 0.5) is 17.1 Å². The zero-order valence-corrected chi connectivity index (χ0v) is 24.8. The summed E-state index contributed by atoms with van der Waals surface area (Å²) in [6.45, 7) is 7.49. The molecule has 2 heterocycles. The smallest absolute Gasteiger partial charge is 0.318 e. The lowest BCUT2D eigenvalue weighted by Crippen LogP contribution is -2.54. The number of carbonyl (C=O) groups excluding carboxylic acids is 2. The van der Waals surface area contributed by atoms with Crippen molar-refractivity contribution in [3.8, 4) is 17.2 Å². The van der Waals surface area contributed by atoms with Gasteiger partial charge < -0.3 is 9.30 Å². The Morgan fingerprint density at radius 2 is 1.59 bits per heavy atom. The van der Waals surface area contributed by atoms with Crippen LogP contribution in [0.3, 0.4) is 0 Å². The third-order valence-electron chi connectivity index (χ3n) is 7.15. The van der Waals surface area contributed by atoms with Crippen molar-refractivity contribution in [2.75, 3.05) is 4.90 Å². The Labute approximate surface area is 256 Å². The van der Waals surface area contributed by atoms with E-state index in [0.717, 1.165) is 40.3 Å². The third kappa shape index (κ3) is 5.55. The van der Waals surface area contributed by atoms with Crippen LogP contribution in [0.15, 0.2) is 72.3 Å². The minimum absolute atomic E-state index is 0.0117. The number of rotatable bonds is 7. The Morgan fingerprint density at radius 3 is 2.25 bits per heavy atom. The summed E-state index contributed by atoms with van der Waals surface area (Å²) in [5.74, 6) is -0.977. The first kappa shape index (κ1) is 29.8. The van der Waals surface area contributed by atoms with Gasteiger partial charge in [-0.1, -0.05) is 12.1 Å². The number of carbonyl (C=O) groups is 2. The molecular weight excluding hydrogens is 586 g/mol. The zero-order valence-electron chi connectivity index (χ0n) is 24.0. The third-order valence-corrected chi connectivity index (χ3v) is 7.43. The lowest BCUT2D eigenvalue weighted by Gasteiger charge is -2.30. The van der Waals surface area contributed by atoms with Gasteiger partial charge in [-0.05, 0) is 105 Å². The summed E-state index contributed by atoms with van der Waals surface area (Å²) in [7, 11) is 0. The van der Waals surface area contributed by atoms with E-state index in [4.69, 9.17) is 17.0 Å². The van der Waals surface area contributed by atoms with Gasteiger partial charge in [0.2, 0.25) is 5.75 Å². The number of benzene rings is 3. The SMILES string of the molecule is Cc1ccc(C)c(N2C(=O)/C(=C/c3cc(C)n(-c4ccc(Oc5ccc([N+](=O)[O-])cc5[N+](=O)[O-])cc4)c3C)C(=O)NC2=S)c1. The van der Waals surface area contributed by atoms with Crippen LogP contribution in [-0.2, 0) is 9.59 Å². The fourth-order valence-electron chi connectivity index (χ4n) is 4.96. The predicted molar refractivity (Wildman–Crippen MR) is 167 cm³/mol. The van der Waals surface area contributed by atoms with Crippen molar-refractivity contribution in [3.05, 3.63) is 121 Å². The van der Waals surface area contributed by atoms with Crippen molar-refractivity contribution in [3.63, 3.8) is 0 Å². The van der Waals surface area contributed by atoms with Gasteiger partial charge in [-0.2, -0.15) is 0 Å². The number of thiocarbonyl (C=S) groups is 1. The second-order valence-electron chi connectivity index (χ2n) is 10.2. The molecule has 0 atom stereocenters. The minimum Gasteiger partial charge on any atom is -0.450 e. The molecule has 1 saturated heterocycles. The molecule has 0 aliphatic carbocycles. The first-order valence-electron chi connectivity index (χ1n) is 13.2. The van der Waals surface area contributed by atoms with Gasteiger partial charge >= 0.3 is 5.69 Å². The van der Waals surface area contributed by atoms with Gasteiger partial charge in [-0.3, -0.25) is 40.0 Å². The Hall–Kier alpha value is -5.69. The monoisotopic (exact) mass is 611 g/mol. The van der Waals surface area contributed by atoms with E-state index in [1.54, 1.807) is 30.3 Å². The summed E-state index contributed by atoms with van der Waals surface area (Å²) >= 11 is 5.36. The number of anilines is 1. The number of ether oxygens (including phenoxy) is 1. The number of hydrogen-bond acceptors (Lipinski definition) is 8. The van der Waals surface area contributed by atoms with Crippen LogP contribution in [0.5, 0.6) is 11.5 Å². The van der Waals surface area contributed by atoms with E-state index in [-0.39, 0.29) is 22.2 Å². The van der Waals surface area contributed by atoms with Crippen LogP contribution in [0, 0.1) is 47.9 Å². The van der Waals surface area contributed by atoms with Crippen LogP contribution >= 0.6 is 12.2 Å². The van der Waals surface area contributed by atoms with Gasteiger partial charge in [0.25, 0.3) is 17.5 Å². The molecule has 0 bridgehead atoms. The van der Waals surface area contributed by atoms with Crippen LogP contribution in [-0.4, -0.2) is 31.3 Å². The molecule has 44 heavy (non-hydrogen) atoms. The molecule has 4 aromatic rings. The van der Waals surface area contributed by atoms with E-state index in [0.29, 0.717) is 11.3 Å². The average molecular weight is 612 g/mol. The molecule has 0 saturated carbocycles. The lowest BCUT2D eigenvalue weighted by atomic mass is 10.0. The maximum Gasteiger partial charge on any atom is 0.318 e. The van der Waals surface area contributed by atoms with Gasteiger partial charge in [0.1, 0.15) is 11.3 Å². The predicted octanol–water partition coefficient (Wildman–Crippen LogP) is 6.15. The molecule has 1 aliphatic heterocycles. The first-order chi connectivity index (χ1) is 20.8. The highest BCUT2D eigenvalue weighted by Gasteiger charge is 2.35. The second-order valence-corrected chi connectivity index (χ2v) is 10.6. The molecule has 1 fully saturated rings. The minimum atomic E-state index is -0.745. The summed E-state index contributed by atoms with van der Waals surface area (Å²) < 4.78 is 7.60. The summed E-state index contributed by atoms with van der Waals surface area (Å²) in [4.78, 5) is 48.9. The van der Waals surface area contributed by atoms with E-state index < -0.39 is 33.0 Å². The van der Waals surface area contributed by atoms with Gasteiger partial charge in [0, 0.05) is 23.1 Å². The average Bonchev–Trinajstić information content (AvgIpc) is 3.25. The van der Waals surface area contributed by atoms with Gasteiger partial charge in [-0.15, -0.1) is 0 Å². The fraction of sp³-hybridized carbons (Fsp3) is 0.129. The summed E-state index contributed by atoms with van der Waals surface area (Å²) in [6.07, 6.45) is 1.54. The topological polar surface area (TPSA) is 150 Å². The molecule has 2 amide bonds. The molecule has 3 aromatic carbocycles. The van der Waals surface area contributed by atoms with E-state index in [1.807, 2.05) is 56.5 Å². The molecule has 0 radical (unpaired) electrons. The Kier molecular flexibility index (Phi) is 7.81. The van der Waals surface area contributed by atoms with Gasteiger partial charge in [-0.25, -0.2) is 0 Å². The van der Waals surface area contributed by atoms with Crippen molar-refractivity contribution >= 4 is 52.3 Å². The molecule has 1 N–H and O–H groups in total. The number of aryl methyl sites for hydroxylation is 3.